The first-order valence-electron chi connectivity index (χ1n) is 8.82. The number of pyridine rings is 1. The van der Waals surface area contributed by atoms with Gasteiger partial charge < -0.3 is 15.0 Å². The molecule has 0 fully saturated rings. The van der Waals surface area contributed by atoms with Gasteiger partial charge in [0.05, 0.1) is 5.69 Å². The van der Waals surface area contributed by atoms with E-state index in [1.54, 1.807) is 36.4 Å². The summed E-state index contributed by atoms with van der Waals surface area (Å²) in [5, 5.41) is 5.54. The molecule has 2 heterocycles. The van der Waals surface area contributed by atoms with E-state index in [1.807, 2.05) is 47.1 Å². The van der Waals surface area contributed by atoms with Crippen LogP contribution in [0.1, 0.15) is 17.3 Å². The number of nitrogens with one attached hydrogen (secondary N) is 2. The van der Waals surface area contributed by atoms with E-state index in [0.29, 0.717) is 22.6 Å². The third-order valence-electron chi connectivity index (χ3n) is 4.26. The van der Waals surface area contributed by atoms with Crippen LogP contribution >= 0.6 is 0 Å². The van der Waals surface area contributed by atoms with Crippen LogP contribution in [0.25, 0.3) is 16.9 Å². The molecule has 2 N–H and O–H groups in total. The Labute approximate surface area is 161 Å². The van der Waals surface area contributed by atoms with Gasteiger partial charge in [-0.1, -0.05) is 30.3 Å². The van der Waals surface area contributed by atoms with Crippen LogP contribution in [0, 0.1) is 0 Å². The highest BCUT2D eigenvalue weighted by Crippen LogP contribution is 2.20. The Hall–Kier alpha value is -3.93. The van der Waals surface area contributed by atoms with Crippen LogP contribution in [-0.2, 0) is 4.79 Å². The summed E-state index contributed by atoms with van der Waals surface area (Å²) in [7, 11) is 0. The highest BCUT2D eigenvalue weighted by Gasteiger charge is 2.10. The molecule has 4 aromatic rings. The quantitative estimate of drug-likeness (QED) is 0.565. The first kappa shape index (κ1) is 17.5. The lowest BCUT2D eigenvalue weighted by atomic mass is 10.2. The fourth-order valence-electron chi connectivity index (χ4n) is 2.91. The zero-order chi connectivity index (χ0) is 19.5. The Morgan fingerprint density at radius 2 is 1.57 bits per heavy atom. The van der Waals surface area contributed by atoms with Crippen LogP contribution < -0.4 is 10.6 Å². The minimum atomic E-state index is -0.223. The molecule has 0 saturated heterocycles. The molecule has 0 radical (unpaired) electrons. The minimum Gasteiger partial charge on any atom is -0.326 e. The van der Waals surface area contributed by atoms with Crippen molar-refractivity contribution in [3.05, 3.63) is 84.7 Å². The first-order valence-corrected chi connectivity index (χ1v) is 8.82. The molecule has 0 aliphatic heterocycles. The smallest absolute Gasteiger partial charge is 0.255 e. The van der Waals surface area contributed by atoms with Crippen molar-refractivity contribution >= 4 is 28.8 Å². The molecule has 2 amide bonds. The number of anilines is 2. The number of nitrogens with zero attached hydrogens (tertiary/aromatic N) is 2. The average Bonchev–Trinajstić information content (AvgIpc) is 3.13. The van der Waals surface area contributed by atoms with Gasteiger partial charge in [0.1, 0.15) is 5.65 Å². The Balaban J connectivity index is 1.53. The van der Waals surface area contributed by atoms with Crippen LogP contribution in [0.4, 0.5) is 11.4 Å². The third kappa shape index (κ3) is 3.76. The van der Waals surface area contributed by atoms with Crippen LogP contribution in [0.15, 0.2) is 79.1 Å². The lowest BCUT2D eigenvalue weighted by Gasteiger charge is -2.07. The summed E-state index contributed by atoms with van der Waals surface area (Å²) >= 11 is 0. The molecule has 6 nitrogen and oxygen atoms in total. The number of aromatic nitrogens is 2. The molecule has 4 rings (SSSR count). The molecular formula is C22H18N4O2. The third-order valence-corrected chi connectivity index (χ3v) is 4.26. The normalized spacial score (nSPS) is 10.6. The fourth-order valence-corrected chi connectivity index (χ4v) is 2.91. The molecule has 6 heteroatoms. The van der Waals surface area contributed by atoms with E-state index in [1.165, 1.54) is 6.92 Å². The summed E-state index contributed by atoms with van der Waals surface area (Å²) in [6, 6.07) is 20.4. The van der Waals surface area contributed by atoms with Gasteiger partial charge in [0, 0.05) is 41.8 Å². The van der Waals surface area contributed by atoms with Crippen LogP contribution in [0.2, 0.25) is 0 Å². The van der Waals surface area contributed by atoms with E-state index in [0.717, 1.165) is 11.3 Å². The topological polar surface area (TPSA) is 75.5 Å². The second kappa shape index (κ2) is 7.36. The zero-order valence-corrected chi connectivity index (χ0v) is 15.2. The van der Waals surface area contributed by atoms with Gasteiger partial charge in [-0.3, -0.25) is 9.59 Å². The van der Waals surface area contributed by atoms with Gasteiger partial charge in [-0.25, -0.2) is 4.98 Å². The molecule has 138 valence electrons. The lowest BCUT2D eigenvalue weighted by Crippen LogP contribution is -2.12. The van der Waals surface area contributed by atoms with E-state index in [2.05, 4.69) is 15.6 Å². The number of benzene rings is 2. The van der Waals surface area contributed by atoms with Gasteiger partial charge in [0.15, 0.2) is 0 Å². The summed E-state index contributed by atoms with van der Waals surface area (Å²) in [5.74, 6) is -0.362. The number of amides is 2. The second-order valence-corrected chi connectivity index (χ2v) is 6.39. The number of carbonyl (C=O) groups is 2. The summed E-state index contributed by atoms with van der Waals surface area (Å²) in [4.78, 5) is 28.3. The Morgan fingerprint density at radius 3 is 2.25 bits per heavy atom. The number of imidazole rings is 1. The maximum Gasteiger partial charge on any atom is 0.255 e. The van der Waals surface area contributed by atoms with Crippen molar-refractivity contribution in [1.29, 1.82) is 0 Å². The van der Waals surface area contributed by atoms with E-state index in [4.69, 9.17) is 0 Å². The van der Waals surface area contributed by atoms with Crippen LogP contribution in [-0.4, -0.2) is 21.2 Å². The van der Waals surface area contributed by atoms with E-state index >= 15 is 0 Å². The summed E-state index contributed by atoms with van der Waals surface area (Å²) in [5.41, 5.74) is 4.42. The number of carbonyl (C=O) groups excluding carboxylic acids is 2. The molecule has 0 aliphatic carbocycles. The Morgan fingerprint density at radius 1 is 0.893 bits per heavy atom. The predicted octanol–water partition coefficient (Wildman–Crippen LogP) is 4.21. The van der Waals surface area contributed by atoms with Crippen molar-refractivity contribution in [3.63, 3.8) is 0 Å². The Bertz CT molecular complexity index is 1150. The van der Waals surface area contributed by atoms with Crippen molar-refractivity contribution < 1.29 is 9.59 Å². The zero-order valence-electron chi connectivity index (χ0n) is 15.2. The van der Waals surface area contributed by atoms with Gasteiger partial charge >= 0.3 is 0 Å². The molecule has 2 aromatic carbocycles. The van der Waals surface area contributed by atoms with Gasteiger partial charge in [-0.05, 0) is 36.4 Å². The molecule has 28 heavy (non-hydrogen) atoms. The number of rotatable bonds is 4. The van der Waals surface area contributed by atoms with Crippen LogP contribution in [0.5, 0.6) is 0 Å². The minimum absolute atomic E-state index is 0.139. The Kier molecular flexibility index (Phi) is 4.60. The fraction of sp³-hybridized carbons (Fsp3) is 0.0455. The maximum absolute atomic E-state index is 12.6. The van der Waals surface area contributed by atoms with Gasteiger partial charge in [-0.15, -0.1) is 0 Å². The van der Waals surface area contributed by atoms with E-state index in [9.17, 15) is 9.59 Å². The summed E-state index contributed by atoms with van der Waals surface area (Å²) < 4.78 is 1.89. The van der Waals surface area contributed by atoms with E-state index < -0.39 is 0 Å². The molecule has 0 bridgehead atoms. The largest absolute Gasteiger partial charge is 0.326 e. The van der Waals surface area contributed by atoms with Crippen LogP contribution in [0.3, 0.4) is 0 Å². The first-order chi connectivity index (χ1) is 13.6. The van der Waals surface area contributed by atoms with Crippen molar-refractivity contribution in [1.82, 2.24) is 9.38 Å². The monoisotopic (exact) mass is 370 g/mol. The standard InChI is InChI=1S/C22H18N4O2/c1-15(27)23-18-7-9-19(10-8-18)24-22(28)17-11-12-26-14-20(25-21(26)13-17)16-5-3-2-4-6-16/h2-14H,1H3,(H,23,27)(H,24,28). The SMILES string of the molecule is CC(=O)Nc1ccc(NC(=O)c2ccn3cc(-c4ccccc4)nc3c2)cc1. The lowest BCUT2D eigenvalue weighted by molar-refractivity contribution is -0.114. The molecular weight excluding hydrogens is 352 g/mol. The van der Waals surface area contributed by atoms with Gasteiger partial charge in [-0.2, -0.15) is 0 Å². The number of fused-ring (bicyclic) bond motifs is 1. The summed E-state index contributed by atoms with van der Waals surface area (Å²) in [6.07, 6.45) is 3.76. The van der Waals surface area contributed by atoms with Crippen molar-refractivity contribution in [2.24, 2.45) is 0 Å². The molecule has 0 saturated carbocycles. The van der Waals surface area contributed by atoms with Crippen molar-refractivity contribution in [2.45, 2.75) is 6.92 Å². The predicted molar refractivity (Wildman–Crippen MR) is 109 cm³/mol. The molecule has 0 aliphatic rings. The summed E-state index contributed by atoms with van der Waals surface area (Å²) in [6.45, 7) is 1.45. The van der Waals surface area contributed by atoms with Crippen molar-refractivity contribution in [2.75, 3.05) is 10.6 Å². The highest BCUT2D eigenvalue weighted by atomic mass is 16.2. The second-order valence-electron chi connectivity index (χ2n) is 6.39. The molecule has 2 aromatic heterocycles. The molecule has 0 atom stereocenters. The van der Waals surface area contributed by atoms with E-state index in [-0.39, 0.29) is 11.8 Å². The van der Waals surface area contributed by atoms with Gasteiger partial charge in [0.25, 0.3) is 5.91 Å². The van der Waals surface area contributed by atoms with Gasteiger partial charge in [0.2, 0.25) is 5.91 Å². The molecule has 0 unspecified atom stereocenters. The number of hydrogen-bond donors (Lipinski definition) is 2. The maximum atomic E-state index is 12.6. The molecule has 0 spiro atoms. The number of hydrogen-bond acceptors (Lipinski definition) is 3. The van der Waals surface area contributed by atoms with Crippen molar-refractivity contribution in [3.8, 4) is 11.3 Å². The average molecular weight is 370 g/mol. The highest BCUT2D eigenvalue weighted by molar-refractivity contribution is 6.05.